The molecule has 2 aromatic carbocycles. The van der Waals surface area contributed by atoms with Gasteiger partial charge in [-0.05, 0) is 49.1 Å². The highest BCUT2D eigenvalue weighted by Crippen LogP contribution is 2.23. The smallest absolute Gasteiger partial charge is 0.251 e. The van der Waals surface area contributed by atoms with Crippen LogP contribution in [0.4, 0.5) is 0 Å². The van der Waals surface area contributed by atoms with Crippen LogP contribution in [0, 0.1) is 6.92 Å². The number of imidazole rings is 1. The molecular weight excluding hydrogens is 412 g/mol. The van der Waals surface area contributed by atoms with Crippen molar-refractivity contribution in [3.8, 4) is 5.69 Å². The Labute approximate surface area is 182 Å². The molecule has 1 saturated heterocycles. The van der Waals surface area contributed by atoms with Crippen molar-refractivity contribution >= 4 is 15.9 Å². The van der Waals surface area contributed by atoms with Crippen LogP contribution in [0.3, 0.4) is 0 Å². The number of amides is 1. The first kappa shape index (κ1) is 21.3. The maximum Gasteiger partial charge on any atom is 0.251 e. The molecule has 1 N–H and O–H groups in total. The van der Waals surface area contributed by atoms with Gasteiger partial charge in [-0.25, -0.2) is 13.4 Å². The van der Waals surface area contributed by atoms with Crippen LogP contribution >= 0.6 is 0 Å². The molecule has 1 aromatic heterocycles. The number of carbonyl (C=O) groups is 1. The number of aromatic nitrogens is 2. The third-order valence-electron chi connectivity index (χ3n) is 5.62. The number of aryl methyl sites for hydroxylation is 1. The highest BCUT2D eigenvalue weighted by molar-refractivity contribution is 7.89. The fraction of sp³-hybridized carbons (Fsp3) is 0.304. The minimum atomic E-state index is -3.60. The van der Waals surface area contributed by atoms with Gasteiger partial charge in [-0.15, -0.1) is 0 Å². The SMILES string of the molecule is Cc1ccc(S(=O)(=O)N2CCCCC2)cc1C(=O)NCc1ccccc1-n1ccnc1. The summed E-state index contributed by atoms with van der Waals surface area (Å²) < 4.78 is 29.4. The van der Waals surface area contributed by atoms with E-state index in [1.165, 1.54) is 10.4 Å². The summed E-state index contributed by atoms with van der Waals surface area (Å²) in [6.07, 6.45) is 8.05. The van der Waals surface area contributed by atoms with Crippen molar-refractivity contribution < 1.29 is 13.2 Å². The number of hydrogen-bond acceptors (Lipinski definition) is 4. The van der Waals surface area contributed by atoms with Crippen LogP contribution in [0.15, 0.2) is 66.1 Å². The maximum atomic E-state index is 13.0. The van der Waals surface area contributed by atoms with E-state index in [-0.39, 0.29) is 10.8 Å². The van der Waals surface area contributed by atoms with Crippen molar-refractivity contribution in [2.24, 2.45) is 0 Å². The van der Waals surface area contributed by atoms with Gasteiger partial charge >= 0.3 is 0 Å². The summed E-state index contributed by atoms with van der Waals surface area (Å²) in [5, 5.41) is 2.94. The van der Waals surface area contributed by atoms with Crippen LogP contribution in [0.5, 0.6) is 0 Å². The second-order valence-corrected chi connectivity index (χ2v) is 9.66. The highest BCUT2D eigenvalue weighted by Gasteiger charge is 2.27. The van der Waals surface area contributed by atoms with E-state index in [1.807, 2.05) is 42.0 Å². The third-order valence-corrected chi connectivity index (χ3v) is 7.51. The van der Waals surface area contributed by atoms with E-state index in [9.17, 15) is 13.2 Å². The van der Waals surface area contributed by atoms with Gasteiger partial charge in [0.25, 0.3) is 5.91 Å². The normalized spacial score (nSPS) is 15.0. The van der Waals surface area contributed by atoms with Crippen LogP contribution in [0.2, 0.25) is 0 Å². The standard InChI is InChI=1S/C23H26N4O3S/c1-18-9-10-20(31(29,30)27-12-5-2-6-13-27)15-21(18)23(28)25-16-19-7-3-4-8-22(19)26-14-11-24-17-26/h3-4,7-11,14-15,17H,2,5-6,12-13,16H2,1H3,(H,25,28). The molecule has 8 heteroatoms. The van der Waals surface area contributed by atoms with Crippen molar-refractivity contribution in [1.29, 1.82) is 0 Å². The molecule has 0 aliphatic carbocycles. The quantitative estimate of drug-likeness (QED) is 0.640. The van der Waals surface area contributed by atoms with Crippen molar-refractivity contribution in [1.82, 2.24) is 19.2 Å². The van der Waals surface area contributed by atoms with E-state index in [1.54, 1.807) is 24.7 Å². The van der Waals surface area contributed by atoms with Gasteiger partial charge < -0.3 is 9.88 Å². The van der Waals surface area contributed by atoms with Gasteiger partial charge in [-0.1, -0.05) is 30.7 Å². The molecule has 0 atom stereocenters. The minimum absolute atomic E-state index is 0.170. The lowest BCUT2D eigenvalue weighted by Gasteiger charge is -2.26. The second-order valence-electron chi connectivity index (χ2n) is 7.72. The monoisotopic (exact) mass is 438 g/mol. The molecule has 0 saturated carbocycles. The zero-order chi connectivity index (χ0) is 21.8. The summed E-state index contributed by atoms with van der Waals surface area (Å²) in [6.45, 7) is 3.19. The Balaban J connectivity index is 1.54. The number of carbonyl (C=O) groups excluding carboxylic acids is 1. The van der Waals surface area contributed by atoms with Gasteiger partial charge in [-0.3, -0.25) is 4.79 Å². The van der Waals surface area contributed by atoms with E-state index in [2.05, 4.69) is 10.3 Å². The fourth-order valence-electron chi connectivity index (χ4n) is 3.85. The summed E-state index contributed by atoms with van der Waals surface area (Å²) >= 11 is 0. The van der Waals surface area contributed by atoms with Crippen molar-refractivity contribution in [3.05, 3.63) is 77.9 Å². The van der Waals surface area contributed by atoms with Gasteiger partial charge in [-0.2, -0.15) is 4.31 Å². The van der Waals surface area contributed by atoms with E-state index < -0.39 is 10.0 Å². The predicted octanol–water partition coefficient (Wildman–Crippen LogP) is 3.29. The first-order chi connectivity index (χ1) is 15.0. The zero-order valence-electron chi connectivity index (χ0n) is 17.5. The number of piperidine rings is 1. The number of para-hydroxylation sites is 1. The van der Waals surface area contributed by atoms with E-state index >= 15 is 0 Å². The van der Waals surface area contributed by atoms with Gasteiger partial charge in [0.05, 0.1) is 16.9 Å². The summed E-state index contributed by atoms with van der Waals surface area (Å²) in [7, 11) is -3.60. The fourth-order valence-corrected chi connectivity index (χ4v) is 5.39. The molecule has 162 valence electrons. The summed E-state index contributed by atoms with van der Waals surface area (Å²) in [6, 6.07) is 12.5. The molecule has 4 rings (SSSR count). The Bertz CT molecular complexity index is 1170. The Kier molecular flexibility index (Phi) is 6.20. The molecule has 1 amide bonds. The molecular formula is C23H26N4O3S. The van der Waals surface area contributed by atoms with E-state index in [0.29, 0.717) is 25.2 Å². The van der Waals surface area contributed by atoms with Gasteiger partial charge in [0, 0.05) is 37.6 Å². The molecule has 0 bridgehead atoms. The minimum Gasteiger partial charge on any atom is -0.348 e. The lowest BCUT2D eigenvalue weighted by Crippen LogP contribution is -2.35. The number of hydrogen-bond donors (Lipinski definition) is 1. The van der Waals surface area contributed by atoms with Crippen LogP contribution < -0.4 is 5.32 Å². The number of benzene rings is 2. The predicted molar refractivity (Wildman–Crippen MR) is 119 cm³/mol. The molecule has 1 aliphatic heterocycles. The number of nitrogens with one attached hydrogen (secondary N) is 1. The molecule has 0 spiro atoms. The topological polar surface area (TPSA) is 84.3 Å². The number of nitrogens with zero attached hydrogens (tertiary/aromatic N) is 3. The lowest BCUT2D eigenvalue weighted by molar-refractivity contribution is 0.0950. The van der Waals surface area contributed by atoms with Gasteiger partial charge in [0.15, 0.2) is 0 Å². The molecule has 0 radical (unpaired) electrons. The number of sulfonamides is 1. The average molecular weight is 439 g/mol. The van der Waals surface area contributed by atoms with E-state index in [4.69, 9.17) is 0 Å². The Morgan fingerprint density at radius 2 is 1.87 bits per heavy atom. The van der Waals surface area contributed by atoms with Crippen LogP contribution in [-0.4, -0.2) is 41.3 Å². The second kappa shape index (κ2) is 9.03. The maximum absolute atomic E-state index is 13.0. The highest BCUT2D eigenvalue weighted by atomic mass is 32.2. The Morgan fingerprint density at radius 3 is 2.61 bits per heavy atom. The third kappa shape index (κ3) is 4.55. The van der Waals surface area contributed by atoms with Gasteiger partial charge in [0.1, 0.15) is 0 Å². The van der Waals surface area contributed by atoms with Crippen molar-refractivity contribution in [3.63, 3.8) is 0 Å². The molecule has 0 unspecified atom stereocenters. The molecule has 1 aliphatic rings. The average Bonchev–Trinajstić information content (AvgIpc) is 3.33. The lowest BCUT2D eigenvalue weighted by atomic mass is 10.1. The molecule has 1 fully saturated rings. The summed E-state index contributed by atoms with van der Waals surface area (Å²) in [5.74, 6) is -0.298. The summed E-state index contributed by atoms with van der Waals surface area (Å²) in [4.78, 5) is 17.2. The van der Waals surface area contributed by atoms with Crippen LogP contribution in [0.25, 0.3) is 5.69 Å². The first-order valence-corrected chi connectivity index (χ1v) is 11.9. The molecule has 31 heavy (non-hydrogen) atoms. The summed E-state index contributed by atoms with van der Waals surface area (Å²) in [5.41, 5.74) is 2.97. The van der Waals surface area contributed by atoms with Crippen LogP contribution in [-0.2, 0) is 16.6 Å². The zero-order valence-corrected chi connectivity index (χ0v) is 18.3. The van der Waals surface area contributed by atoms with Gasteiger partial charge in [0.2, 0.25) is 10.0 Å². The van der Waals surface area contributed by atoms with Crippen molar-refractivity contribution in [2.45, 2.75) is 37.6 Å². The van der Waals surface area contributed by atoms with Crippen molar-refractivity contribution in [2.75, 3.05) is 13.1 Å². The molecule has 7 nitrogen and oxygen atoms in total. The van der Waals surface area contributed by atoms with Crippen LogP contribution in [0.1, 0.15) is 40.7 Å². The molecule has 2 heterocycles. The largest absolute Gasteiger partial charge is 0.348 e. The first-order valence-electron chi connectivity index (χ1n) is 10.4. The number of rotatable bonds is 6. The Hall–Kier alpha value is -2.97. The Morgan fingerprint density at radius 1 is 1.10 bits per heavy atom. The van der Waals surface area contributed by atoms with E-state index in [0.717, 1.165) is 36.1 Å². The molecule has 3 aromatic rings.